The first kappa shape index (κ1) is 25.4. The number of amidine groups is 1. The van der Waals surface area contributed by atoms with Crippen molar-refractivity contribution in [1.29, 1.82) is 0 Å². The van der Waals surface area contributed by atoms with E-state index in [2.05, 4.69) is 25.2 Å². The number of sulfonamides is 2. The van der Waals surface area contributed by atoms with Gasteiger partial charge in [0.05, 0.1) is 19.1 Å². The maximum absolute atomic E-state index is 13.8. The number of hydroxylamine groups is 1. The van der Waals surface area contributed by atoms with Gasteiger partial charge in [-0.15, -0.1) is 4.40 Å². The van der Waals surface area contributed by atoms with E-state index in [1.165, 1.54) is 38.3 Å². The largest absolute Gasteiger partial charge is 0.341 e. The number of hydrogen-bond donors (Lipinski definition) is 4. The second-order valence-corrected chi connectivity index (χ2v) is 11.4. The maximum Gasteiger partial charge on any atom is 0.286 e. The molecule has 36 heavy (non-hydrogen) atoms. The van der Waals surface area contributed by atoms with Crippen molar-refractivity contribution in [3.05, 3.63) is 53.6 Å². The molecule has 2 aromatic rings. The van der Waals surface area contributed by atoms with Gasteiger partial charge in [-0.1, -0.05) is 24.3 Å². The van der Waals surface area contributed by atoms with Crippen LogP contribution in [0.3, 0.4) is 0 Å². The fourth-order valence-corrected chi connectivity index (χ4v) is 5.89. The molecule has 15 heteroatoms. The molecule has 1 aliphatic carbocycles. The number of carbonyl (C=O) groups excluding carboxylic acids is 3. The number of anilines is 2. The fraction of sp³-hybridized carbons (Fsp3) is 0.238. The van der Waals surface area contributed by atoms with Gasteiger partial charge in [0.2, 0.25) is 21.6 Å². The van der Waals surface area contributed by atoms with E-state index in [-0.39, 0.29) is 27.4 Å². The van der Waals surface area contributed by atoms with Crippen LogP contribution in [-0.4, -0.2) is 53.5 Å². The van der Waals surface area contributed by atoms with Crippen molar-refractivity contribution in [2.24, 2.45) is 10.3 Å². The topological polar surface area (TPSA) is 189 Å². The Kier molecular flexibility index (Phi) is 6.20. The molecule has 190 valence electrons. The third-order valence-corrected chi connectivity index (χ3v) is 7.36. The van der Waals surface area contributed by atoms with Crippen molar-refractivity contribution < 1.29 is 36.1 Å². The summed E-state index contributed by atoms with van der Waals surface area (Å²) in [6.45, 7) is 1.17. The molecule has 1 aliphatic heterocycles. The van der Waals surface area contributed by atoms with Crippen LogP contribution in [0.4, 0.5) is 11.4 Å². The van der Waals surface area contributed by atoms with E-state index in [0.29, 0.717) is 0 Å². The summed E-state index contributed by atoms with van der Waals surface area (Å²) in [4.78, 5) is 44.0. The smallest absolute Gasteiger partial charge is 0.286 e. The summed E-state index contributed by atoms with van der Waals surface area (Å²) in [6.07, 6.45) is 0.906. The van der Waals surface area contributed by atoms with Crippen LogP contribution in [0.25, 0.3) is 0 Å². The van der Waals surface area contributed by atoms with Gasteiger partial charge in [-0.25, -0.2) is 8.42 Å². The second-order valence-electron chi connectivity index (χ2n) is 8.11. The van der Waals surface area contributed by atoms with Crippen molar-refractivity contribution in [2.45, 2.75) is 17.5 Å². The predicted octanol–water partition coefficient (Wildman–Crippen LogP) is 0.0925. The zero-order chi connectivity index (χ0) is 26.5. The highest BCUT2D eigenvalue weighted by atomic mass is 32.2. The van der Waals surface area contributed by atoms with Gasteiger partial charge in [0.15, 0.2) is 11.6 Å². The van der Waals surface area contributed by atoms with Crippen LogP contribution in [-0.2, 0) is 40.1 Å². The highest BCUT2D eigenvalue weighted by Crippen LogP contribution is 2.38. The van der Waals surface area contributed by atoms with Crippen LogP contribution in [0.15, 0.2) is 51.8 Å². The van der Waals surface area contributed by atoms with Crippen LogP contribution in [0.1, 0.15) is 22.8 Å². The Hall–Kier alpha value is -3.66. The number of hydrogen-bond acceptors (Lipinski definition) is 10. The lowest BCUT2D eigenvalue weighted by atomic mass is 9.74. The lowest BCUT2D eigenvalue weighted by molar-refractivity contribution is -0.142. The minimum atomic E-state index is -4.47. The molecule has 0 saturated carbocycles. The van der Waals surface area contributed by atoms with Crippen LogP contribution >= 0.6 is 0 Å². The summed E-state index contributed by atoms with van der Waals surface area (Å²) < 4.78 is 55.0. The molecular weight excluding hydrogens is 514 g/mol. The third kappa shape index (κ3) is 4.37. The average Bonchev–Trinajstić information content (AvgIpc) is 2.77. The Bertz CT molecular complexity index is 1550. The molecule has 0 radical (unpaired) electrons. The summed E-state index contributed by atoms with van der Waals surface area (Å²) in [5.74, 6) is -4.54. The van der Waals surface area contributed by atoms with Gasteiger partial charge in [-0.2, -0.15) is 13.9 Å². The minimum absolute atomic E-state index is 0.0204. The van der Waals surface area contributed by atoms with Gasteiger partial charge in [-0.3, -0.25) is 19.1 Å². The number of nitrogens with zero attached hydrogens (tertiary/aromatic N) is 1. The minimum Gasteiger partial charge on any atom is -0.341 e. The molecule has 1 heterocycles. The number of ketones is 2. The lowest BCUT2D eigenvalue weighted by Crippen LogP contribution is -2.66. The molecule has 13 nitrogen and oxygen atoms in total. The molecule has 0 spiro atoms. The number of amides is 1. The van der Waals surface area contributed by atoms with Crippen LogP contribution in [0.5, 0.6) is 0 Å². The van der Waals surface area contributed by atoms with Crippen molar-refractivity contribution >= 4 is 54.7 Å². The number of rotatable bonds is 6. The fourth-order valence-electron chi connectivity index (χ4n) is 4.15. The molecule has 2 atom stereocenters. The van der Waals surface area contributed by atoms with Crippen molar-refractivity contribution in [2.75, 3.05) is 23.4 Å². The molecule has 4 N–H and O–H groups in total. The predicted molar refractivity (Wildman–Crippen MR) is 128 cm³/mol. The van der Waals surface area contributed by atoms with E-state index < -0.39 is 54.9 Å². The summed E-state index contributed by atoms with van der Waals surface area (Å²) >= 11 is 0. The van der Waals surface area contributed by atoms with E-state index in [0.717, 1.165) is 12.3 Å². The first-order valence-electron chi connectivity index (χ1n) is 10.3. The van der Waals surface area contributed by atoms with Gasteiger partial charge in [0.25, 0.3) is 10.0 Å². The van der Waals surface area contributed by atoms with E-state index in [1.54, 1.807) is 12.1 Å². The lowest BCUT2D eigenvalue weighted by Gasteiger charge is -2.40. The van der Waals surface area contributed by atoms with Gasteiger partial charge in [-0.05, 0) is 18.2 Å². The molecule has 2 aliphatic rings. The number of carbonyl (C=O) groups is 3. The van der Waals surface area contributed by atoms with E-state index >= 15 is 0 Å². The summed E-state index contributed by atoms with van der Waals surface area (Å²) in [6, 6.07) is 9.64. The van der Waals surface area contributed by atoms with E-state index in [4.69, 9.17) is 4.84 Å². The van der Waals surface area contributed by atoms with E-state index in [1.807, 2.05) is 0 Å². The van der Waals surface area contributed by atoms with Crippen LogP contribution < -0.4 is 20.8 Å². The number of benzene rings is 2. The molecule has 0 bridgehead atoms. The monoisotopic (exact) mass is 535 g/mol. The third-order valence-electron chi connectivity index (χ3n) is 5.43. The van der Waals surface area contributed by atoms with Crippen LogP contribution in [0, 0.1) is 5.92 Å². The quantitative estimate of drug-likeness (QED) is 0.224. The van der Waals surface area contributed by atoms with Gasteiger partial charge >= 0.3 is 0 Å². The molecule has 0 fully saturated rings. The Morgan fingerprint density at radius 3 is 2.50 bits per heavy atom. The van der Waals surface area contributed by atoms with E-state index in [9.17, 15) is 31.2 Å². The highest BCUT2D eigenvalue weighted by Gasteiger charge is 2.55. The molecule has 1 amide bonds. The second kappa shape index (κ2) is 8.77. The summed E-state index contributed by atoms with van der Waals surface area (Å²) in [7, 11) is -6.94. The van der Waals surface area contributed by atoms with Gasteiger partial charge < -0.3 is 15.5 Å². The molecule has 0 saturated heterocycles. The van der Waals surface area contributed by atoms with Gasteiger partial charge in [0, 0.05) is 23.7 Å². The SMILES string of the molecule is CONC1(NC(C)=O)C(=O)C(C2=NS(=O)(=O)c3cc(NS(C)(=O)=O)ccc3N2)C(=O)c2ccccc21. The first-order chi connectivity index (χ1) is 16.8. The van der Waals surface area contributed by atoms with Crippen LogP contribution in [0.2, 0.25) is 0 Å². The van der Waals surface area contributed by atoms with Crippen molar-refractivity contribution in [1.82, 2.24) is 10.8 Å². The zero-order valence-corrected chi connectivity index (χ0v) is 20.8. The first-order valence-corrected chi connectivity index (χ1v) is 13.6. The molecule has 4 rings (SSSR count). The highest BCUT2D eigenvalue weighted by molar-refractivity contribution is 7.92. The zero-order valence-electron chi connectivity index (χ0n) is 19.1. The number of fused-ring (bicyclic) bond motifs is 2. The Balaban J connectivity index is 1.86. The molecular formula is C21H21N5O8S2. The van der Waals surface area contributed by atoms with Crippen molar-refractivity contribution in [3.8, 4) is 0 Å². The Morgan fingerprint density at radius 1 is 1.17 bits per heavy atom. The molecule has 2 unspecified atom stereocenters. The Labute approximate surface area is 206 Å². The number of Topliss-reactive ketones (excluding diaryl/α,β-unsaturated/α-hetero) is 2. The molecule has 2 aromatic carbocycles. The Morgan fingerprint density at radius 2 is 1.86 bits per heavy atom. The molecule has 0 aromatic heterocycles. The summed E-state index contributed by atoms with van der Waals surface area (Å²) in [5, 5.41) is 5.19. The average molecular weight is 536 g/mol. The van der Waals surface area contributed by atoms with Crippen molar-refractivity contribution in [3.63, 3.8) is 0 Å². The van der Waals surface area contributed by atoms with Gasteiger partial charge in [0.1, 0.15) is 16.6 Å². The normalized spacial score (nSPS) is 22.5. The standard InChI is InChI=1S/C21H21N5O8S2/c1-11(27)23-21(26-34-2)14-7-5-4-6-13(14)18(28)17(19(21)29)20-22-15-9-8-12(24-35(3,30)31)10-16(15)36(32,33)25-20/h4-10,17,24,26H,1-3H3,(H,22,25)(H,23,27). The summed E-state index contributed by atoms with van der Waals surface area (Å²) in [5.41, 5.74) is 0.555. The maximum atomic E-state index is 13.8. The number of nitrogens with one attached hydrogen (secondary N) is 4.